The van der Waals surface area contributed by atoms with E-state index in [0.717, 1.165) is 30.9 Å². The Kier molecular flexibility index (Phi) is 5.24. The van der Waals surface area contributed by atoms with Crippen LogP contribution in [0.15, 0.2) is 36.4 Å². The summed E-state index contributed by atoms with van der Waals surface area (Å²) in [7, 11) is 3.32. The molecular formula is C20H23NO4. The average Bonchev–Trinajstić information content (AvgIpc) is 2.62. The summed E-state index contributed by atoms with van der Waals surface area (Å²) < 4.78 is 16.0. The summed E-state index contributed by atoms with van der Waals surface area (Å²) in [5.41, 5.74) is 3.71. The lowest BCUT2D eigenvalue weighted by atomic mass is 9.90. The second-order valence-corrected chi connectivity index (χ2v) is 6.10. The zero-order valence-electron chi connectivity index (χ0n) is 14.8. The van der Waals surface area contributed by atoms with Crippen molar-refractivity contribution < 1.29 is 19.0 Å². The first-order valence-electron chi connectivity index (χ1n) is 8.36. The van der Waals surface area contributed by atoms with Crippen molar-refractivity contribution in [1.82, 2.24) is 5.32 Å². The fourth-order valence-corrected chi connectivity index (χ4v) is 3.25. The van der Waals surface area contributed by atoms with Crippen LogP contribution in [0.4, 0.5) is 0 Å². The van der Waals surface area contributed by atoms with E-state index in [1.807, 2.05) is 24.3 Å². The van der Waals surface area contributed by atoms with Gasteiger partial charge in [-0.3, -0.25) is 4.79 Å². The van der Waals surface area contributed by atoms with Crippen LogP contribution in [0.3, 0.4) is 0 Å². The van der Waals surface area contributed by atoms with Crippen LogP contribution in [-0.4, -0.2) is 26.7 Å². The van der Waals surface area contributed by atoms with Gasteiger partial charge in [-0.25, -0.2) is 0 Å². The van der Waals surface area contributed by atoms with Crippen molar-refractivity contribution in [2.45, 2.75) is 25.8 Å². The number of methoxy groups -OCH3 is 2. The van der Waals surface area contributed by atoms with Crippen molar-refractivity contribution in [3.63, 3.8) is 0 Å². The van der Waals surface area contributed by atoms with Crippen molar-refractivity contribution in [1.29, 1.82) is 0 Å². The van der Waals surface area contributed by atoms with Crippen molar-refractivity contribution in [2.24, 2.45) is 0 Å². The molecule has 0 bridgehead atoms. The second-order valence-electron chi connectivity index (χ2n) is 6.10. The monoisotopic (exact) mass is 341 g/mol. The van der Waals surface area contributed by atoms with Crippen molar-refractivity contribution in [3.8, 4) is 17.2 Å². The van der Waals surface area contributed by atoms with Gasteiger partial charge in [0.25, 0.3) is 0 Å². The number of fused-ring (bicyclic) bond motifs is 1. The molecule has 0 amide bonds. The lowest BCUT2D eigenvalue weighted by molar-refractivity contribution is -0.131. The van der Waals surface area contributed by atoms with Gasteiger partial charge >= 0.3 is 5.97 Å². The summed E-state index contributed by atoms with van der Waals surface area (Å²) >= 11 is 0. The molecule has 2 aromatic rings. The Hall–Kier alpha value is -2.53. The van der Waals surface area contributed by atoms with Gasteiger partial charge in [0, 0.05) is 13.0 Å². The van der Waals surface area contributed by atoms with E-state index in [2.05, 4.69) is 17.4 Å². The number of hydrogen-bond acceptors (Lipinski definition) is 5. The summed E-state index contributed by atoms with van der Waals surface area (Å²) in [5.74, 6) is 1.78. The minimum Gasteiger partial charge on any atom is -0.493 e. The van der Waals surface area contributed by atoms with Gasteiger partial charge in [-0.1, -0.05) is 12.1 Å². The topological polar surface area (TPSA) is 56.8 Å². The first-order chi connectivity index (χ1) is 12.1. The zero-order valence-corrected chi connectivity index (χ0v) is 14.8. The van der Waals surface area contributed by atoms with Gasteiger partial charge in [0.1, 0.15) is 5.75 Å². The molecule has 1 N–H and O–H groups in total. The van der Waals surface area contributed by atoms with Crippen molar-refractivity contribution >= 4 is 5.97 Å². The van der Waals surface area contributed by atoms with Crippen LogP contribution in [-0.2, 0) is 17.6 Å². The third-order valence-electron chi connectivity index (χ3n) is 4.43. The Labute approximate surface area is 147 Å². The average molecular weight is 341 g/mol. The smallest absolute Gasteiger partial charge is 0.308 e. The Balaban J connectivity index is 1.82. The summed E-state index contributed by atoms with van der Waals surface area (Å²) in [4.78, 5) is 11.0. The number of ether oxygens (including phenoxy) is 3. The highest BCUT2D eigenvalue weighted by atomic mass is 16.5. The maximum atomic E-state index is 11.0. The van der Waals surface area contributed by atoms with Gasteiger partial charge in [-0.15, -0.1) is 0 Å². The highest BCUT2D eigenvalue weighted by molar-refractivity contribution is 5.69. The summed E-state index contributed by atoms with van der Waals surface area (Å²) in [6.07, 6.45) is 1.82. The maximum Gasteiger partial charge on any atom is 0.308 e. The third-order valence-corrected chi connectivity index (χ3v) is 4.43. The van der Waals surface area contributed by atoms with Gasteiger partial charge in [0.15, 0.2) is 11.5 Å². The summed E-state index contributed by atoms with van der Waals surface area (Å²) in [6.45, 7) is 2.33. The molecule has 0 radical (unpaired) electrons. The first kappa shape index (κ1) is 17.3. The normalized spacial score (nSPS) is 16.0. The van der Waals surface area contributed by atoms with E-state index in [-0.39, 0.29) is 12.0 Å². The number of benzene rings is 2. The predicted octanol–water partition coefficient (Wildman–Crippen LogP) is 3.06. The van der Waals surface area contributed by atoms with Crippen LogP contribution in [0.25, 0.3) is 0 Å². The summed E-state index contributed by atoms with van der Waals surface area (Å²) in [5, 5.41) is 3.58. The van der Waals surface area contributed by atoms with E-state index in [1.165, 1.54) is 23.6 Å². The summed E-state index contributed by atoms with van der Waals surface area (Å²) in [6, 6.07) is 12.0. The van der Waals surface area contributed by atoms with E-state index in [1.54, 1.807) is 14.2 Å². The molecule has 25 heavy (non-hydrogen) atoms. The molecule has 1 aliphatic rings. The van der Waals surface area contributed by atoms with Crippen LogP contribution in [0.1, 0.15) is 29.7 Å². The Morgan fingerprint density at radius 1 is 1.12 bits per heavy atom. The Morgan fingerprint density at radius 3 is 2.44 bits per heavy atom. The van der Waals surface area contributed by atoms with E-state index in [0.29, 0.717) is 5.75 Å². The molecule has 2 aromatic carbocycles. The molecule has 0 fully saturated rings. The predicted molar refractivity (Wildman–Crippen MR) is 95.4 cm³/mol. The lowest BCUT2D eigenvalue weighted by Crippen LogP contribution is -2.31. The van der Waals surface area contributed by atoms with Gasteiger partial charge in [0.2, 0.25) is 0 Å². The fraction of sp³-hybridized carbons (Fsp3) is 0.350. The quantitative estimate of drug-likeness (QED) is 0.669. The molecule has 1 aliphatic heterocycles. The van der Waals surface area contributed by atoms with Gasteiger partial charge in [-0.2, -0.15) is 0 Å². The second kappa shape index (κ2) is 7.57. The van der Waals surface area contributed by atoms with Crippen LogP contribution in [0.5, 0.6) is 17.2 Å². The van der Waals surface area contributed by atoms with Crippen LogP contribution >= 0.6 is 0 Å². The van der Waals surface area contributed by atoms with Gasteiger partial charge in [0.05, 0.1) is 14.2 Å². The third kappa shape index (κ3) is 3.94. The molecule has 1 heterocycles. The molecule has 0 aromatic heterocycles. The van der Waals surface area contributed by atoms with Crippen LogP contribution in [0, 0.1) is 0 Å². The molecule has 3 rings (SSSR count). The van der Waals surface area contributed by atoms with Crippen molar-refractivity contribution in [3.05, 3.63) is 53.1 Å². The number of nitrogens with one attached hydrogen (secondary N) is 1. The van der Waals surface area contributed by atoms with E-state index >= 15 is 0 Å². The Morgan fingerprint density at radius 2 is 1.80 bits per heavy atom. The zero-order chi connectivity index (χ0) is 17.8. The molecule has 5 nitrogen and oxygen atoms in total. The Bertz CT molecular complexity index is 755. The van der Waals surface area contributed by atoms with Crippen molar-refractivity contribution in [2.75, 3.05) is 20.8 Å². The fourth-order valence-electron chi connectivity index (χ4n) is 3.25. The standard InChI is InChI=1S/C20H23NO4/c1-13(22)25-16-6-4-14(5-7-16)10-18-17-12-20(24-3)19(23-2)11-15(17)8-9-21-18/h4-7,11-12,18,21H,8-10H2,1-3H3. The molecule has 0 saturated heterocycles. The molecule has 0 spiro atoms. The number of carbonyl (C=O) groups excluding carboxylic acids is 1. The molecule has 1 unspecified atom stereocenters. The van der Waals surface area contributed by atoms with E-state index < -0.39 is 0 Å². The highest BCUT2D eigenvalue weighted by Crippen LogP contribution is 2.36. The first-order valence-corrected chi connectivity index (χ1v) is 8.36. The van der Waals surface area contributed by atoms with Gasteiger partial charge < -0.3 is 19.5 Å². The van der Waals surface area contributed by atoms with E-state index in [4.69, 9.17) is 14.2 Å². The largest absolute Gasteiger partial charge is 0.493 e. The lowest BCUT2D eigenvalue weighted by Gasteiger charge is -2.28. The molecule has 1 atom stereocenters. The molecule has 132 valence electrons. The molecule has 5 heteroatoms. The minimum absolute atomic E-state index is 0.211. The molecule has 0 saturated carbocycles. The number of rotatable bonds is 5. The molecule has 0 aliphatic carbocycles. The number of esters is 1. The minimum atomic E-state index is -0.309. The number of carbonyl (C=O) groups is 1. The SMILES string of the molecule is COc1cc2c(cc1OC)C(Cc1ccc(OC(C)=O)cc1)NCC2. The highest BCUT2D eigenvalue weighted by Gasteiger charge is 2.22. The van der Waals surface area contributed by atoms with Crippen LogP contribution in [0.2, 0.25) is 0 Å². The van der Waals surface area contributed by atoms with E-state index in [9.17, 15) is 4.79 Å². The maximum absolute atomic E-state index is 11.0. The van der Waals surface area contributed by atoms with Gasteiger partial charge in [-0.05, 0) is 60.3 Å². The molecular weight excluding hydrogens is 318 g/mol. The number of hydrogen-bond donors (Lipinski definition) is 1. The van der Waals surface area contributed by atoms with Crippen LogP contribution < -0.4 is 19.5 Å².